The van der Waals surface area contributed by atoms with E-state index >= 15 is 0 Å². The van der Waals surface area contributed by atoms with E-state index in [9.17, 15) is 0 Å². The SMILES string of the molecule is [Cl-].[NH3+]C[C@@H]1C2CCC(CC2)[C@@H]1c1ccc(Cl)c(Cl)c1. The Bertz CT molecular complexity index is 441. The maximum Gasteiger partial charge on any atom is 0.0777 e. The highest BCUT2D eigenvalue weighted by Gasteiger charge is 2.44. The van der Waals surface area contributed by atoms with Crippen LogP contribution in [0.1, 0.15) is 37.2 Å². The molecule has 2 atom stereocenters. The van der Waals surface area contributed by atoms with Crippen molar-refractivity contribution >= 4 is 23.2 Å². The molecule has 0 aliphatic heterocycles. The highest BCUT2D eigenvalue weighted by atomic mass is 35.5. The van der Waals surface area contributed by atoms with E-state index in [-0.39, 0.29) is 12.4 Å². The molecule has 0 unspecified atom stereocenters. The van der Waals surface area contributed by atoms with Crippen LogP contribution in [-0.4, -0.2) is 6.54 Å². The lowest BCUT2D eigenvalue weighted by atomic mass is 9.57. The van der Waals surface area contributed by atoms with Gasteiger partial charge in [-0.3, -0.25) is 0 Å². The maximum absolute atomic E-state index is 6.18. The topological polar surface area (TPSA) is 27.6 Å². The molecule has 0 amide bonds. The van der Waals surface area contributed by atoms with E-state index in [0.29, 0.717) is 16.0 Å². The van der Waals surface area contributed by atoms with Crippen molar-refractivity contribution in [3.05, 3.63) is 33.8 Å². The predicted molar refractivity (Wildman–Crippen MR) is 75.9 cm³/mol. The molecule has 0 radical (unpaired) electrons. The Labute approximate surface area is 131 Å². The van der Waals surface area contributed by atoms with E-state index < -0.39 is 0 Å². The summed E-state index contributed by atoms with van der Waals surface area (Å²) in [6, 6.07) is 6.20. The number of benzene rings is 1. The van der Waals surface area contributed by atoms with Gasteiger partial charge >= 0.3 is 0 Å². The molecule has 19 heavy (non-hydrogen) atoms. The summed E-state index contributed by atoms with van der Waals surface area (Å²) in [6.07, 6.45) is 5.57. The van der Waals surface area contributed by atoms with Gasteiger partial charge in [-0.25, -0.2) is 0 Å². The Morgan fingerprint density at radius 1 is 1.00 bits per heavy atom. The number of hydrogen-bond donors (Lipinski definition) is 1. The molecule has 0 aromatic heterocycles. The molecule has 0 heterocycles. The first-order chi connectivity index (χ1) is 8.70. The van der Waals surface area contributed by atoms with Crippen LogP contribution < -0.4 is 18.1 Å². The second-order valence-electron chi connectivity index (χ2n) is 5.83. The van der Waals surface area contributed by atoms with Gasteiger partial charge in [0.2, 0.25) is 0 Å². The summed E-state index contributed by atoms with van der Waals surface area (Å²) in [5.41, 5.74) is 5.57. The van der Waals surface area contributed by atoms with E-state index in [1.54, 1.807) is 0 Å². The molecule has 1 aromatic rings. The Kier molecular flexibility index (Phi) is 5.05. The number of halogens is 3. The monoisotopic (exact) mass is 319 g/mol. The minimum Gasteiger partial charge on any atom is -1.00 e. The molecule has 3 saturated carbocycles. The van der Waals surface area contributed by atoms with Crippen molar-refractivity contribution in [1.82, 2.24) is 0 Å². The fourth-order valence-corrected chi connectivity index (χ4v) is 4.54. The summed E-state index contributed by atoms with van der Waals surface area (Å²) in [6.45, 7) is 1.05. The zero-order valence-corrected chi connectivity index (χ0v) is 13.2. The Morgan fingerprint density at radius 2 is 1.63 bits per heavy atom. The zero-order valence-electron chi connectivity index (χ0n) is 10.9. The van der Waals surface area contributed by atoms with Crippen molar-refractivity contribution in [2.24, 2.45) is 17.8 Å². The number of quaternary nitrogens is 1. The molecular formula is C15H20Cl3N. The number of hydrogen-bond acceptors (Lipinski definition) is 0. The van der Waals surface area contributed by atoms with E-state index in [0.717, 1.165) is 24.3 Å². The van der Waals surface area contributed by atoms with Gasteiger partial charge in [-0.1, -0.05) is 29.3 Å². The predicted octanol–water partition coefficient (Wildman–Crippen LogP) is 0.759. The standard InChI is InChI=1S/C15H19Cl2N.ClH/c16-13-6-5-11(7-14(13)17)15-10-3-1-9(2-4-10)12(15)8-18;/h5-7,9-10,12,15H,1-4,8,18H2;1H/t9?,10?,12-,15-;/m1./s1. The van der Waals surface area contributed by atoms with Crippen molar-refractivity contribution in [1.29, 1.82) is 0 Å². The summed E-state index contributed by atoms with van der Waals surface area (Å²) in [5, 5.41) is 1.35. The van der Waals surface area contributed by atoms with Gasteiger partial charge in [-0.2, -0.15) is 0 Å². The summed E-state index contributed by atoms with van der Waals surface area (Å²) in [5.74, 6) is 3.12. The molecule has 0 spiro atoms. The molecule has 4 heteroatoms. The average molecular weight is 321 g/mol. The van der Waals surface area contributed by atoms with Crippen molar-refractivity contribution in [3.8, 4) is 0 Å². The van der Waals surface area contributed by atoms with Crippen LogP contribution in [0, 0.1) is 17.8 Å². The lowest BCUT2D eigenvalue weighted by molar-refractivity contribution is -0.387. The Hall–Kier alpha value is 0.0500. The number of fused-ring (bicyclic) bond motifs is 3. The zero-order chi connectivity index (χ0) is 12.7. The highest BCUT2D eigenvalue weighted by molar-refractivity contribution is 6.42. The fraction of sp³-hybridized carbons (Fsp3) is 0.600. The average Bonchev–Trinajstić information content (AvgIpc) is 2.42. The second kappa shape index (κ2) is 6.22. The smallest absolute Gasteiger partial charge is 0.0777 e. The third kappa shape index (κ3) is 2.76. The molecular weight excluding hydrogens is 301 g/mol. The molecule has 106 valence electrons. The van der Waals surface area contributed by atoms with Crippen molar-refractivity contribution in [2.45, 2.75) is 31.6 Å². The van der Waals surface area contributed by atoms with Crippen LogP contribution in [0.25, 0.3) is 0 Å². The van der Waals surface area contributed by atoms with E-state index in [4.69, 9.17) is 23.2 Å². The van der Waals surface area contributed by atoms with Crippen molar-refractivity contribution in [3.63, 3.8) is 0 Å². The molecule has 3 aliphatic rings. The minimum absolute atomic E-state index is 0. The van der Waals surface area contributed by atoms with E-state index in [1.807, 2.05) is 6.07 Å². The van der Waals surface area contributed by atoms with Gasteiger partial charge in [-0.05, 0) is 61.1 Å². The van der Waals surface area contributed by atoms with Crippen LogP contribution in [0.2, 0.25) is 10.0 Å². The number of rotatable bonds is 2. The van der Waals surface area contributed by atoms with Crippen LogP contribution >= 0.6 is 23.2 Å². The molecule has 3 N–H and O–H groups in total. The normalized spacial score (nSPS) is 33.0. The third-order valence-electron chi connectivity index (χ3n) is 5.05. The molecule has 1 aromatic carbocycles. The third-order valence-corrected chi connectivity index (χ3v) is 5.79. The Morgan fingerprint density at radius 3 is 2.21 bits per heavy atom. The van der Waals surface area contributed by atoms with Crippen LogP contribution in [0.15, 0.2) is 18.2 Å². The highest BCUT2D eigenvalue weighted by Crippen LogP contribution is 2.53. The van der Waals surface area contributed by atoms with Crippen molar-refractivity contribution in [2.75, 3.05) is 6.54 Å². The first-order valence-electron chi connectivity index (χ1n) is 6.95. The first kappa shape index (κ1) is 15.4. The van der Waals surface area contributed by atoms with E-state index in [2.05, 4.69) is 17.9 Å². The molecule has 3 aliphatic carbocycles. The van der Waals surface area contributed by atoms with Crippen LogP contribution in [0.4, 0.5) is 0 Å². The lowest BCUT2D eigenvalue weighted by Gasteiger charge is -2.48. The largest absolute Gasteiger partial charge is 1.00 e. The second-order valence-corrected chi connectivity index (χ2v) is 6.64. The van der Waals surface area contributed by atoms with Crippen LogP contribution in [-0.2, 0) is 0 Å². The van der Waals surface area contributed by atoms with Crippen molar-refractivity contribution < 1.29 is 18.1 Å². The van der Waals surface area contributed by atoms with Crippen LogP contribution in [0.3, 0.4) is 0 Å². The summed E-state index contributed by atoms with van der Waals surface area (Å²) in [7, 11) is 0. The van der Waals surface area contributed by atoms with Gasteiger partial charge in [0.1, 0.15) is 0 Å². The van der Waals surface area contributed by atoms with Gasteiger partial charge in [0, 0.05) is 5.92 Å². The summed E-state index contributed by atoms with van der Waals surface area (Å²) < 4.78 is 0. The molecule has 1 nitrogen and oxygen atoms in total. The lowest BCUT2D eigenvalue weighted by Crippen LogP contribution is -3.00. The van der Waals surface area contributed by atoms with Gasteiger partial charge in [-0.15, -0.1) is 0 Å². The quantitative estimate of drug-likeness (QED) is 0.833. The van der Waals surface area contributed by atoms with Gasteiger partial charge in [0.15, 0.2) is 0 Å². The van der Waals surface area contributed by atoms with Gasteiger partial charge < -0.3 is 18.1 Å². The summed E-state index contributed by atoms with van der Waals surface area (Å²) in [4.78, 5) is 0. The van der Waals surface area contributed by atoms with Gasteiger partial charge in [0.05, 0.1) is 16.6 Å². The fourth-order valence-electron chi connectivity index (χ4n) is 4.23. The minimum atomic E-state index is 0. The van der Waals surface area contributed by atoms with E-state index in [1.165, 1.54) is 31.2 Å². The molecule has 0 saturated heterocycles. The molecule has 2 bridgehead atoms. The summed E-state index contributed by atoms with van der Waals surface area (Å²) >= 11 is 12.2. The van der Waals surface area contributed by atoms with Crippen LogP contribution in [0.5, 0.6) is 0 Å². The molecule has 3 fully saturated rings. The molecule has 4 rings (SSSR count). The first-order valence-corrected chi connectivity index (χ1v) is 7.70. The maximum atomic E-state index is 6.18. The van der Waals surface area contributed by atoms with Gasteiger partial charge in [0.25, 0.3) is 0 Å². The Balaban J connectivity index is 0.00000133.